The molecule has 0 saturated carbocycles. The minimum Gasteiger partial charge on any atom is -0.353 e. The van der Waals surface area contributed by atoms with Crippen molar-refractivity contribution in [3.05, 3.63) is 0 Å². The summed E-state index contributed by atoms with van der Waals surface area (Å²) in [6.07, 6.45) is 3.45. The van der Waals surface area contributed by atoms with Crippen LogP contribution in [0, 0.1) is 11.8 Å². The van der Waals surface area contributed by atoms with Crippen LogP contribution in [-0.4, -0.2) is 18.0 Å². The summed E-state index contributed by atoms with van der Waals surface area (Å²) in [4.78, 5) is 11.7. The zero-order chi connectivity index (χ0) is 12.7. The summed E-state index contributed by atoms with van der Waals surface area (Å²) in [6, 6.07) is 0.176. The van der Waals surface area contributed by atoms with E-state index in [1.807, 2.05) is 13.8 Å². The van der Waals surface area contributed by atoms with Crippen molar-refractivity contribution >= 4 is 18.3 Å². The molecule has 104 valence electrons. The van der Waals surface area contributed by atoms with Crippen molar-refractivity contribution in [2.24, 2.45) is 17.6 Å². The molecule has 0 rings (SSSR count). The van der Waals surface area contributed by atoms with Gasteiger partial charge in [0.1, 0.15) is 0 Å². The molecule has 3 N–H and O–H groups in total. The van der Waals surface area contributed by atoms with Gasteiger partial charge in [-0.25, -0.2) is 0 Å². The van der Waals surface area contributed by atoms with Crippen LogP contribution in [0.25, 0.3) is 0 Å². The van der Waals surface area contributed by atoms with Gasteiger partial charge in [0.2, 0.25) is 5.91 Å². The number of halogens is 1. The Bertz CT molecular complexity index is 208. The van der Waals surface area contributed by atoms with E-state index in [1.165, 1.54) is 12.8 Å². The Labute approximate surface area is 112 Å². The van der Waals surface area contributed by atoms with Gasteiger partial charge in [0.05, 0.1) is 0 Å². The second-order valence-electron chi connectivity index (χ2n) is 5.38. The highest BCUT2D eigenvalue weighted by Gasteiger charge is 2.18. The van der Waals surface area contributed by atoms with E-state index in [2.05, 4.69) is 26.1 Å². The summed E-state index contributed by atoms with van der Waals surface area (Å²) in [5, 5.41) is 3.02. The predicted octanol–water partition coefficient (Wildman–Crippen LogP) is 2.72. The maximum atomic E-state index is 11.7. The van der Waals surface area contributed by atoms with Crippen LogP contribution in [0.5, 0.6) is 0 Å². The zero-order valence-electron chi connectivity index (χ0n) is 11.8. The van der Waals surface area contributed by atoms with Crippen molar-refractivity contribution in [1.82, 2.24) is 5.32 Å². The quantitative estimate of drug-likeness (QED) is 0.743. The highest BCUT2D eigenvalue weighted by atomic mass is 35.5. The predicted molar refractivity (Wildman–Crippen MR) is 76.4 cm³/mol. The van der Waals surface area contributed by atoms with Crippen LogP contribution >= 0.6 is 12.4 Å². The summed E-state index contributed by atoms with van der Waals surface area (Å²) in [6.45, 7) is 10.3. The first-order valence-corrected chi connectivity index (χ1v) is 6.40. The lowest BCUT2D eigenvalue weighted by Crippen LogP contribution is -2.42. The van der Waals surface area contributed by atoms with Crippen LogP contribution < -0.4 is 11.1 Å². The second kappa shape index (κ2) is 9.72. The van der Waals surface area contributed by atoms with Crippen LogP contribution in [0.1, 0.15) is 53.9 Å². The second-order valence-corrected chi connectivity index (χ2v) is 5.38. The van der Waals surface area contributed by atoms with E-state index in [9.17, 15) is 4.79 Å². The van der Waals surface area contributed by atoms with Crippen LogP contribution in [0.15, 0.2) is 0 Å². The standard InChI is InChI=1S/C13H28N2O.ClH/c1-9(2)7-6-8-10(3)15-13(16)11(4)12(5)14;/h9-12H,6-8,14H2,1-5H3,(H,15,16);1H. The van der Waals surface area contributed by atoms with E-state index in [-0.39, 0.29) is 36.3 Å². The van der Waals surface area contributed by atoms with Gasteiger partial charge in [-0.15, -0.1) is 12.4 Å². The fraction of sp³-hybridized carbons (Fsp3) is 0.923. The Morgan fingerprint density at radius 3 is 2.06 bits per heavy atom. The molecule has 0 bridgehead atoms. The number of nitrogens with one attached hydrogen (secondary N) is 1. The van der Waals surface area contributed by atoms with E-state index in [0.717, 1.165) is 12.3 Å². The molecule has 0 aliphatic rings. The van der Waals surface area contributed by atoms with Crippen molar-refractivity contribution in [2.75, 3.05) is 0 Å². The maximum Gasteiger partial charge on any atom is 0.224 e. The Balaban J connectivity index is 0. The summed E-state index contributed by atoms with van der Waals surface area (Å²) < 4.78 is 0. The maximum absolute atomic E-state index is 11.7. The highest BCUT2D eigenvalue weighted by molar-refractivity contribution is 5.85. The number of rotatable bonds is 7. The third-order valence-corrected chi connectivity index (χ3v) is 3.01. The molecule has 3 nitrogen and oxygen atoms in total. The van der Waals surface area contributed by atoms with Gasteiger partial charge in [-0.2, -0.15) is 0 Å². The molecule has 0 radical (unpaired) electrons. The van der Waals surface area contributed by atoms with Gasteiger partial charge in [0.15, 0.2) is 0 Å². The summed E-state index contributed by atoms with van der Waals surface area (Å²) in [5.41, 5.74) is 5.69. The first-order valence-electron chi connectivity index (χ1n) is 6.40. The molecule has 3 unspecified atom stereocenters. The van der Waals surface area contributed by atoms with Gasteiger partial charge >= 0.3 is 0 Å². The van der Waals surface area contributed by atoms with Gasteiger partial charge in [-0.05, 0) is 26.2 Å². The fourth-order valence-corrected chi connectivity index (χ4v) is 1.52. The largest absolute Gasteiger partial charge is 0.353 e. The summed E-state index contributed by atoms with van der Waals surface area (Å²) in [5.74, 6) is 0.713. The molecule has 0 aromatic heterocycles. The first kappa shape index (κ1) is 19.1. The monoisotopic (exact) mass is 264 g/mol. The number of nitrogens with two attached hydrogens (primary N) is 1. The average Bonchev–Trinajstić information content (AvgIpc) is 2.15. The Morgan fingerprint density at radius 2 is 1.65 bits per heavy atom. The van der Waals surface area contributed by atoms with Gasteiger partial charge in [0.25, 0.3) is 0 Å². The van der Waals surface area contributed by atoms with Crippen molar-refractivity contribution < 1.29 is 4.79 Å². The number of hydrogen-bond acceptors (Lipinski definition) is 2. The summed E-state index contributed by atoms with van der Waals surface area (Å²) >= 11 is 0. The van der Waals surface area contributed by atoms with Gasteiger partial charge in [0, 0.05) is 18.0 Å². The third-order valence-electron chi connectivity index (χ3n) is 3.01. The molecule has 0 heterocycles. The fourth-order valence-electron chi connectivity index (χ4n) is 1.52. The molecular weight excluding hydrogens is 236 g/mol. The van der Waals surface area contributed by atoms with Crippen molar-refractivity contribution in [3.8, 4) is 0 Å². The lowest BCUT2D eigenvalue weighted by Gasteiger charge is -2.19. The van der Waals surface area contributed by atoms with Crippen LogP contribution in [0.3, 0.4) is 0 Å². The molecule has 0 fully saturated rings. The molecule has 0 aliphatic heterocycles. The van der Waals surface area contributed by atoms with E-state index < -0.39 is 0 Å². The molecule has 1 amide bonds. The minimum absolute atomic E-state index is 0. The number of carbonyl (C=O) groups is 1. The molecular formula is C13H29ClN2O. The SMILES string of the molecule is CC(C)CCCC(C)NC(=O)C(C)C(C)N.Cl. The third kappa shape index (κ3) is 9.42. The zero-order valence-corrected chi connectivity index (χ0v) is 12.6. The van der Waals surface area contributed by atoms with Crippen molar-refractivity contribution in [3.63, 3.8) is 0 Å². The molecule has 4 heteroatoms. The van der Waals surface area contributed by atoms with Crippen LogP contribution in [-0.2, 0) is 4.79 Å². The molecule has 0 aromatic rings. The van der Waals surface area contributed by atoms with Crippen LogP contribution in [0.4, 0.5) is 0 Å². The Kier molecular flexibility index (Phi) is 10.9. The van der Waals surface area contributed by atoms with Crippen LogP contribution in [0.2, 0.25) is 0 Å². The molecule has 0 saturated heterocycles. The van der Waals surface area contributed by atoms with E-state index in [4.69, 9.17) is 5.73 Å². The number of amides is 1. The highest BCUT2D eigenvalue weighted by Crippen LogP contribution is 2.09. The van der Waals surface area contributed by atoms with Gasteiger partial charge in [-0.1, -0.05) is 33.6 Å². The topological polar surface area (TPSA) is 55.1 Å². The molecule has 0 aromatic carbocycles. The van der Waals surface area contributed by atoms with Gasteiger partial charge in [-0.3, -0.25) is 4.79 Å². The Hall–Kier alpha value is -0.280. The molecule has 0 aliphatic carbocycles. The average molecular weight is 265 g/mol. The smallest absolute Gasteiger partial charge is 0.224 e. The summed E-state index contributed by atoms with van der Waals surface area (Å²) in [7, 11) is 0. The van der Waals surface area contributed by atoms with E-state index in [0.29, 0.717) is 0 Å². The first-order chi connectivity index (χ1) is 7.34. The van der Waals surface area contributed by atoms with Gasteiger partial charge < -0.3 is 11.1 Å². The van der Waals surface area contributed by atoms with Crippen molar-refractivity contribution in [2.45, 2.75) is 66.0 Å². The molecule has 0 spiro atoms. The number of hydrogen-bond donors (Lipinski definition) is 2. The van der Waals surface area contributed by atoms with Crippen molar-refractivity contribution in [1.29, 1.82) is 0 Å². The normalized spacial score (nSPS) is 15.9. The molecule has 17 heavy (non-hydrogen) atoms. The van der Waals surface area contributed by atoms with E-state index in [1.54, 1.807) is 0 Å². The number of carbonyl (C=O) groups excluding carboxylic acids is 1. The molecule has 3 atom stereocenters. The lowest BCUT2D eigenvalue weighted by atomic mass is 10.0. The Morgan fingerprint density at radius 1 is 1.12 bits per heavy atom. The minimum atomic E-state index is -0.104. The van der Waals surface area contributed by atoms with E-state index >= 15 is 0 Å². The lowest BCUT2D eigenvalue weighted by molar-refractivity contribution is -0.125.